The molecule has 0 saturated carbocycles. The molecule has 0 spiro atoms. The van der Waals surface area contributed by atoms with Gasteiger partial charge in [-0.15, -0.1) is 0 Å². The summed E-state index contributed by atoms with van der Waals surface area (Å²) in [5, 5.41) is 1.29. The summed E-state index contributed by atoms with van der Waals surface area (Å²) in [7, 11) is 7.19. The van der Waals surface area contributed by atoms with Crippen LogP contribution in [0.25, 0.3) is 29.9 Å². The minimum absolute atomic E-state index is 0.0361. The number of benzene rings is 3. The van der Waals surface area contributed by atoms with E-state index in [0.717, 1.165) is 50.7 Å². The third-order valence-electron chi connectivity index (χ3n) is 10.6. The maximum Gasteiger partial charge on any atom is 0.295 e. The van der Waals surface area contributed by atoms with Gasteiger partial charge in [-0.2, -0.15) is 8.42 Å². The number of hydrogen-bond acceptors (Lipinski definition) is 5. The number of methoxy groups -OCH3 is 1. The molecule has 53 heavy (non-hydrogen) atoms. The fourth-order valence-electron chi connectivity index (χ4n) is 7.45. The second-order valence-corrected chi connectivity index (χ2v) is 21.1. The Hall–Kier alpha value is -4.96. The van der Waals surface area contributed by atoms with Gasteiger partial charge in [0.2, 0.25) is 0 Å². The fraction of sp³-hybridized carbons (Fsp3) is 0.250. The number of hydrogen-bond donors (Lipinski definition) is 1. The first kappa shape index (κ1) is 37.8. The predicted octanol–water partition coefficient (Wildman–Crippen LogP) is 8.57. The van der Waals surface area contributed by atoms with E-state index < -0.39 is 18.2 Å². The maximum atomic E-state index is 13.2. The van der Waals surface area contributed by atoms with Crippen LogP contribution in [0.1, 0.15) is 27.8 Å². The number of anilines is 1. The Balaban J connectivity index is 1.34. The van der Waals surface area contributed by atoms with E-state index in [2.05, 4.69) is 79.2 Å². The minimum Gasteiger partial charge on any atom is -0.496 e. The van der Waals surface area contributed by atoms with Crippen molar-refractivity contribution in [1.29, 1.82) is 0 Å². The third-order valence-corrected chi connectivity index (χ3v) is 15.5. The molecule has 1 aliphatic heterocycles. The van der Waals surface area contributed by atoms with Gasteiger partial charge in [0.05, 0.1) is 15.2 Å². The van der Waals surface area contributed by atoms with E-state index in [-0.39, 0.29) is 16.4 Å². The maximum absolute atomic E-state index is 13.2. The van der Waals surface area contributed by atoms with Crippen molar-refractivity contribution in [1.82, 2.24) is 4.90 Å². The zero-order valence-electron chi connectivity index (χ0n) is 32.1. The average molecular weight is 745 g/mol. The van der Waals surface area contributed by atoms with E-state index in [4.69, 9.17) is 4.74 Å². The highest BCUT2D eigenvalue weighted by molar-refractivity contribution is 7.86. The smallest absolute Gasteiger partial charge is 0.295 e. The summed E-state index contributed by atoms with van der Waals surface area (Å²) in [6, 6.07) is 19.6. The van der Waals surface area contributed by atoms with Gasteiger partial charge in [-0.1, -0.05) is 85.9 Å². The molecule has 0 bridgehead atoms. The van der Waals surface area contributed by atoms with Gasteiger partial charge in [-0.05, 0) is 74.5 Å². The summed E-state index contributed by atoms with van der Waals surface area (Å²) in [6.07, 6.45) is 21.2. The van der Waals surface area contributed by atoms with E-state index in [0.29, 0.717) is 11.1 Å². The van der Waals surface area contributed by atoms with Crippen LogP contribution in [0.2, 0.25) is 18.6 Å². The summed E-state index contributed by atoms with van der Waals surface area (Å²) < 4.78 is 44.7. The van der Waals surface area contributed by atoms with E-state index >= 15 is 0 Å². The molecule has 6 rings (SSSR count). The molecule has 1 heterocycles. The van der Waals surface area contributed by atoms with Crippen molar-refractivity contribution in [2.24, 2.45) is 5.92 Å². The van der Waals surface area contributed by atoms with Gasteiger partial charge in [0.15, 0.2) is 5.71 Å². The molecule has 3 aromatic carbocycles. The zero-order chi connectivity index (χ0) is 38.2. The van der Waals surface area contributed by atoms with Crippen LogP contribution in [-0.4, -0.2) is 85.6 Å². The topological polar surface area (TPSA) is 73.1 Å². The van der Waals surface area contributed by atoms with Gasteiger partial charge in [0.1, 0.15) is 24.7 Å². The lowest BCUT2D eigenvalue weighted by atomic mass is 9.81. The Morgan fingerprint density at radius 1 is 0.811 bits per heavy atom. The molecule has 2 aliphatic carbocycles. The molecule has 3 aliphatic rings. The van der Waals surface area contributed by atoms with Crippen LogP contribution in [0.3, 0.4) is 0 Å². The zero-order valence-corrected chi connectivity index (χ0v) is 33.9. The van der Waals surface area contributed by atoms with Gasteiger partial charge in [0.25, 0.3) is 10.1 Å². The molecule has 0 amide bonds. The van der Waals surface area contributed by atoms with Gasteiger partial charge in [-0.25, -0.2) is 4.58 Å². The van der Waals surface area contributed by atoms with E-state index in [1.165, 1.54) is 5.20 Å². The number of likely N-dealkylation sites (N-methyl/N-ethyl adjacent to an activating group) is 1. The normalized spacial score (nSPS) is 19.2. The predicted molar refractivity (Wildman–Crippen MR) is 225 cm³/mol. The van der Waals surface area contributed by atoms with Crippen LogP contribution in [0, 0.1) is 5.92 Å². The first-order chi connectivity index (χ1) is 25.1. The number of ether oxygens (including phenoxy) is 1. The highest BCUT2D eigenvalue weighted by Gasteiger charge is 2.48. The average Bonchev–Trinajstić information content (AvgIpc) is 3.13. The number of allylic oxidation sites excluding steroid dienone is 9. The lowest BCUT2D eigenvalue weighted by Crippen LogP contribution is -2.45. The summed E-state index contributed by atoms with van der Waals surface area (Å²) in [6.45, 7) is 4.81. The first-order valence-corrected chi connectivity index (χ1v) is 22.3. The standard InChI is InChI=1S/C44H49N3O4SSi/c1-45(2)34-20-19-33(40(27-34)51-7)18-16-31-12-10-30(11-13-31)14-15-32-17-23-37(41(26-32)52(48,49)50)44-38-24-21-35(46(3)4)28-42(38)53(8,9)43-29-36(47(5)6)22-25-39(43)44/h10-29,38,42H,1-9H3/p+1. The lowest BCUT2D eigenvalue weighted by Gasteiger charge is -2.47. The summed E-state index contributed by atoms with van der Waals surface area (Å²) in [5.41, 5.74) is 9.73. The third kappa shape index (κ3) is 7.74. The van der Waals surface area contributed by atoms with Crippen LogP contribution in [0.5, 0.6) is 5.75 Å². The molecule has 0 radical (unpaired) electrons. The van der Waals surface area contributed by atoms with Crippen LogP contribution < -0.4 is 9.64 Å². The van der Waals surface area contributed by atoms with Crippen LogP contribution in [-0.2, 0) is 10.1 Å². The summed E-state index contributed by atoms with van der Waals surface area (Å²) in [4.78, 5) is 4.09. The molecule has 9 heteroatoms. The Bertz CT molecular complexity index is 2300. The van der Waals surface area contributed by atoms with E-state index in [1.54, 1.807) is 13.2 Å². The minimum atomic E-state index is -4.57. The van der Waals surface area contributed by atoms with Crippen molar-refractivity contribution in [2.45, 2.75) is 23.5 Å². The van der Waals surface area contributed by atoms with Gasteiger partial charge in [-0.3, -0.25) is 4.55 Å². The van der Waals surface area contributed by atoms with Gasteiger partial charge in [0, 0.05) is 69.3 Å². The second-order valence-electron chi connectivity index (χ2n) is 15.0. The molecule has 0 fully saturated rings. The lowest BCUT2D eigenvalue weighted by molar-refractivity contribution is -0.462. The van der Waals surface area contributed by atoms with Crippen molar-refractivity contribution in [3.8, 4) is 5.75 Å². The van der Waals surface area contributed by atoms with Crippen molar-refractivity contribution >= 4 is 59.5 Å². The molecule has 7 nitrogen and oxygen atoms in total. The number of nitrogens with zero attached hydrogens (tertiary/aromatic N) is 3. The second kappa shape index (κ2) is 14.8. The number of fused-ring (bicyclic) bond motifs is 2. The van der Waals surface area contributed by atoms with Crippen molar-refractivity contribution in [2.75, 3.05) is 54.3 Å². The molecule has 2 atom stereocenters. The van der Waals surface area contributed by atoms with Crippen LogP contribution in [0.4, 0.5) is 5.69 Å². The van der Waals surface area contributed by atoms with Crippen LogP contribution in [0.15, 0.2) is 118 Å². The molecule has 2 unspecified atom stereocenters. The molecule has 3 aromatic rings. The first-order valence-electron chi connectivity index (χ1n) is 17.8. The SMILES string of the molecule is COc1cc(N(C)C)ccc1/C=C/c1ccc(/C=C/c2ccc(C3=C4C=CC(=[N+](C)C)C=C4[Si](C)(C)C4C=C(N(C)C)C=CC34)c(S(=O)(=O)O)c2)cc1. The Morgan fingerprint density at radius 3 is 2.06 bits per heavy atom. The summed E-state index contributed by atoms with van der Waals surface area (Å²) in [5.74, 6) is 0.772. The Morgan fingerprint density at radius 2 is 1.45 bits per heavy atom. The molecule has 274 valence electrons. The van der Waals surface area contributed by atoms with Crippen molar-refractivity contribution in [3.05, 3.63) is 141 Å². The molecular formula is C44H50N3O4SSi+. The highest BCUT2D eigenvalue weighted by Crippen LogP contribution is 2.55. The quantitative estimate of drug-likeness (QED) is 0.103. The highest BCUT2D eigenvalue weighted by atomic mass is 32.2. The van der Waals surface area contributed by atoms with Crippen molar-refractivity contribution in [3.63, 3.8) is 0 Å². The molecule has 1 N–H and O–H groups in total. The van der Waals surface area contributed by atoms with E-state index in [9.17, 15) is 13.0 Å². The molecule has 0 saturated heterocycles. The van der Waals surface area contributed by atoms with Gasteiger partial charge < -0.3 is 14.5 Å². The Labute approximate surface area is 316 Å². The largest absolute Gasteiger partial charge is 0.496 e. The summed E-state index contributed by atoms with van der Waals surface area (Å²) >= 11 is 0. The fourth-order valence-corrected chi connectivity index (χ4v) is 11.7. The van der Waals surface area contributed by atoms with Crippen LogP contribution >= 0.6 is 0 Å². The monoisotopic (exact) mass is 744 g/mol. The molecular weight excluding hydrogens is 695 g/mol. The van der Waals surface area contributed by atoms with Gasteiger partial charge >= 0.3 is 0 Å². The van der Waals surface area contributed by atoms with Crippen molar-refractivity contribution < 1.29 is 22.3 Å². The molecule has 0 aromatic heterocycles. The van der Waals surface area contributed by atoms with E-state index in [1.807, 2.05) is 106 Å². The number of rotatable bonds is 9. The Kier molecular flexibility index (Phi) is 10.6.